The average Bonchev–Trinajstić information content (AvgIpc) is 1.88. The third kappa shape index (κ3) is 1.46. The second kappa shape index (κ2) is 2.98. The van der Waals surface area contributed by atoms with Crippen molar-refractivity contribution in [2.24, 2.45) is 5.73 Å². The first-order valence-electron chi connectivity index (χ1n) is 3.49. The van der Waals surface area contributed by atoms with E-state index in [0.29, 0.717) is 6.54 Å². The van der Waals surface area contributed by atoms with Gasteiger partial charge >= 0.3 is 0 Å². The molecule has 1 fully saturated rings. The highest BCUT2D eigenvalue weighted by Gasteiger charge is 2.23. The van der Waals surface area contributed by atoms with Crippen molar-refractivity contribution < 1.29 is 5.21 Å². The highest BCUT2D eigenvalue weighted by Crippen LogP contribution is 2.14. The van der Waals surface area contributed by atoms with Gasteiger partial charge in [-0.2, -0.15) is 0 Å². The molecule has 0 aromatic heterocycles. The molecule has 57 valence electrons. The molecule has 1 rings (SSSR count). The monoisotopic (exact) mass is 142 g/mol. The number of rotatable bonds is 1. The van der Waals surface area contributed by atoms with Gasteiger partial charge in [0.25, 0.3) is 0 Å². The summed E-state index contributed by atoms with van der Waals surface area (Å²) in [6.45, 7) is 0.532. The molecule has 4 heteroatoms. The van der Waals surface area contributed by atoms with Gasteiger partial charge in [0.05, 0.1) is 6.04 Å². The van der Waals surface area contributed by atoms with Gasteiger partial charge in [0.15, 0.2) is 0 Å². The molecule has 4 nitrogen and oxygen atoms in total. The maximum absolute atomic E-state index is 10.9. The number of nitrogens with one attached hydrogen (secondary N) is 1. The molecular formula is C6H12N3O. The van der Waals surface area contributed by atoms with E-state index in [0.717, 1.165) is 24.3 Å². The van der Waals surface area contributed by atoms with Crippen molar-refractivity contribution >= 4 is 5.84 Å². The highest BCUT2D eigenvalue weighted by molar-refractivity contribution is 5.82. The summed E-state index contributed by atoms with van der Waals surface area (Å²) < 4.78 is 0. The van der Waals surface area contributed by atoms with E-state index in [-0.39, 0.29) is 11.9 Å². The lowest BCUT2D eigenvalue weighted by Crippen LogP contribution is -2.44. The smallest absolute Gasteiger partial charge is 0.111 e. The van der Waals surface area contributed by atoms with Crippen molar-refractivity contribution in [1.29, 1.82) is 5.41 Å². The molecule has 3 N–H and O–H groups in total. The molecule has 0 amide bonds. The fraction of sp³-hybridized carbons (Fsp3) is 0.833. The van der Waals surface area contributed by atoms with Gasteiger partial charge in [0.1, 0.15) is 5.84 Å². The summed E-state index contributed by atoms with van der Waals surface area (Å²) in [5, 5.41) is 18.9. The molecule has 1 radical (unpaired) electrons. The Morgan fingerprint density at radius 2 is 2.30 bits per heavy atom. The second-order valence-corrected chi connectivity index (χ2v) is 2.61. The number of hydrogen-bond acceptors (Lipinski definition) is 2. The second-order valence-electron chi connectivity index (χ2n) is 2.61. The maximum atomic E-state index is 10.9. The van der Waals surface area contributed by atoms with Crippen molar-refractivity contribution in [3.63, 3.8) is 0 Å². The number of amidine groups is 1. The van der Waals surface area contributed by atoms with Crippen LogP contribution in [0.2, 0.25) is 0 Å². The number of piperidine rings is 1. The van der Waals surface area contributed by atoms with Crippen LogP contribution in [0.5, 0.6) is 0 Å². The molecule has 1 heterocycles. The van der Waals surface area contributed by atoms with E-state index in [9.17, 15) is 5.21 Å². The molecule has 0 saturated carbocycles. The molecule has 1 aliphatic heterocycles. The average molecular weight is 142 g/mol. The van der Waals surface area contributed by atoms with Crippen molar-refractivity contribution in [2.75, 3.05) is 6.54 Å². The summed E-state index contributed by atoms with van der Waals surface area (Å²) in [6.07, 6.45) is 2.70. The molecule has 0 aliphatic carbocycles. The van der Waals surface area contributed by atoms with Crippen LogP contribution in [0.25, 0.3) is 0 Å². The molecule has 1 atom stereocenters. The Balaban J connectivity index is 2.47. The molecule has 1 aliphatic rings. The third-order valence-electron chi connectivity index (χ3n) is 1.81. The molecule has 10 heavy (non-hydrogen) atoms. The van der Waals surface area contributed by atoms with E-state index in [1.54, 1.807) is 0 Å². The lowest BCUT2D eigenvalue weighted by atomic mass is 10.0. The Hall–Kier alpha value is -0.610. The Bertz CT molecular complexity index is 137. The molecule has 1 saturated heterocycles. The lowest BCUT2D eigenvalue weighted by Gasteiger charge is -2.26. The molecule has 0 bridgehead atoms. The van der Waals surface area contributed by atoms with Crippen LogP contribution in [0.15, 0.2) is 0 Å². The first-order chi connectivity index (χ1) is 4.72. The zero-order valence-corrected chi connectivity index (χ0v) is 5.84. The largest absolute Gasteiger partial charge is 0.386 e. The molecule has 0 aromatic carbocycles. The minimum Gasteiger partial charge on any atom is -0.386 e. The zero-order chi connectivity index (χ0) is 7.56. The predicted molar refractivity (Wildman–Crippen MR) is 36.9 cm³/mol. The topological polar surface area (TPSA) is 73.0 Å². The summed E-state index contributed by atoms with van der Waals surface area (Å²) >= 11 is 0. The van der Waals surface area contributed by atoms with E-state index < -0.39 is 0 Å². The first kappa shape index (κ1) is 7.50. The van der Waals surface area contributed by atoms with E-state index >= 15 is 0 Å². The van der Waals surface area contributed by atoms with E-state index in [2.05, 4.69) is 0 Å². The fourth-order valence-electron chi connectivity index (χ4n) is 1.22. The normalized spacial score (nSPS) is 28.3. The maximum Gasteiger partial charge on any atom is 0.111 e. The third-order valence-corrected chi connectivity index (χ3v) is 1.81. The van der Waals surface area contributed by atoms with Crippen LogP contribution >= 0.6 is 0 Å². The zero-order valence-electron chi connectivity index (χ0n) is 5.84. The Labute approximate surface area is 60.1 Å². The van der Waals surface area contributed by atoms with Crippen LogP contribution in [-0.4, -0.2) is 23.5 Å². The summed E-state index contributed by atoms with van der Waals surface area (Å²) in [4.78, 5) is 0. The lowest BCUT2D eigenvalue weighted by molar-refractivity contribution is -0.182. The van der Waals surface area contributed by atoms with Crippen LogP contribution in [0.4, 0.5) is 0 Å². The van der Waals surface area contributed by atoms with Crippen molar-refractivity contribution in [1.82, 2.24) is 5.06 Å². The van der Waals surface area contributed by atoms with Crippen molar-refractivity contribution in [3.05, 3.63) is 0 Å². The van der Waals surface area contributed by atoms with E-state index in [1.807, 2.05) is 0 Å². The van der Waals surface area contributed by atoms with Gasteiger partial charge in [-0.25, -0.2) is 0 Å². The van der Waals surface area contributed by atoms with Crippen molar-refractivity contribution in [3.8, 4) is 0 Å². The summed E-state index contributed by atoms with van der Waals surface area (Å²) in [6, 6.07) is -0.339. The minimum atomic E-state index is -0.339. The summed E-state index contributed by atoms with van der Waals surface area (Å²) in [5.41, 5.74) is 5.20. The van der Waals surface area contributed by atoms with Gasteiger partial charge < -0.3 is 5.73 Å². The van der Waals surface area contributed by atoms with E-state index in [4.69, 9.17) is 11.1 Å². The van der Waals surface area contributed by atoms with Gasteiger partial charge in [0.2, 0.25) is 0 Å². The fourth-order valence-corrected chi connectivity index (χ4v) is 1.22. The Morgan fingerprint density at radius 3 is 2.70 bits per heavy atom. The number of hydrogen-bond donors (Lipinski definition) is 2. The van der Waals surface area contributed by atoms with Gasteiger partial charge in [0, 0.05) is 6.54 Å². The molecular weight excluding hydrogens is 130 g/mol. The Morgan fingerprint density at radius 1 is 1.60 bits per heavy atom. The predicted octanol–water partition coefficient (Wildman–Crippen LogP) is 0.122. The Kier molecular flexibility index (Phi) is 2.24. The van der Waals surface area contributed by atoms with Crippen LogP contribution in [0.1, 0.15) is 19.3 Å². The van der Waals surface area contributed by atoms with Gasteiger partial charge in [-0.3, -0.25) is 5.41 Å². The van der Waals surface area contributed by atoms with Crippen LogP contribution in [-0.2, 0) is 5.21 Å². The number of nitrogens with two attached hydrogens (primary N) is 1. The van der Waals surface area contributed by atoms with Gasteiger partial charge in [-0.1, -0.05) is 0 Å². The standard InChI is InChI=1S/C6H12N3O/c7-6(8)5-3-1-2-4-9(5)10/h5H,1-4H2,(H3,7,8). The number of hydroxylamine groups is 2. The molecule has 0 spiro atoms. The number of nitrogens with zero attached hydrogens (tertiary/aromatic N) is 1. The summed E-state index contributed by atoms with van der Waals surface area (Å²) in [5.74, 6) is 0.00898. The highest BCUT2D eigenvalue weighted by atomic mass is 16.5. The SMILES string of the molecule is N=C(N)C1CCCCN1[O]. The first-order valence-corrected chi connectivity index (χ1v) is 3.49. The van der Waals surface area contributed by atoms with Crippen LogP contribution in [0.3, 0.4) is 0 Å². The van der Waals surface area contributed by atoms with Crippen LogP contribution in [0, 0.1) is 5.41 Å². The quantitative estimate of drug-likeness (QED) is 0.403. The van der Waals surface area contributed by atoms with Gasteiger partial charge in [-0.15, -0.1) is 10.3 Å². The minimum absolute atomic E-state index is 0.00898. The van der Waals surface area contributed by atoms with Crippen LogP contribution < -0.4 is 5.73 Å². The van der Waals surface area contributed by atoms with Crippen molar-refractivity contribution in [2.45, 2.75) is 25.3 Å². The summed E-state index contributed by atoms with van der Waals surface area (Å²) in [7, 11) is 0. The molecule has 1 unspecified atom stereocenters. The molecule has 0 aromatic rings. The van der Waals surface area contributed by atoms with Gasteiger partial charge in [-0.05, 0) is 19.3 Å². The van der Waals surface area contributed by atoms with E-state index in [1.165, 1.54) is 0 Å².